The summed E-state index contributed by atoms with van der Waals surface area (Å²) in [7, 11) is 0. The predicted molar refractivity (Wildman–Crippen MR) is 83.3 cm³/mol. The Morgan fingerprint density at radius 1 is 1.40 bits per heavy atom. The maximum Gasteiger partial charge on any atom is 0.257 e. The first-order valence-electron chi connectivity index (χ1n) is 6.56. The molecule has 3 aromatic rings. The van der Waals surface area contributed by atoms with Crippen LogP contribution >= 0.6 is 11.3 Å². The molecule has 0 bridgehead atoms. The van der Waals surface area contributed by atoms with Crippen LogP contribution in [0.2, 0.25) is 0 Å². The molecule has 0 saturated carbocycles. The fourth-order valence-electron chi connectivity index (χ4n) is 2.22. The third-order valence-corrected chi connectivity index (χ3v) is 4.13. The van der Waals surface area contributed by atoms with Gasteiger partial charge in [0.1, 0.15) is 10.8 Å². The van der Waals surface area contributed by atoms with E-state index in [0.717, 1.165) is 22.6 Å². The first kappa shape index (κ1) is 12.9. The van der Waals surface area contributed by atoms with Crippen molar-refractivity contribution in [2.45, 2.75) is 19.4 Å². The summed E-state index contributed by atoms with van der Waals surface area (Å²) in [6.07, 6.45) is 2.70. The average Bonchev–Trinajstić information content (AvgIpc) is 2.99. The SMILES string of the molecule is CCC(Nc1cc2ccccc2c(=O)[nH]1)c1nccs1. The van der Waals surface area contributed by atoms with Crippen LogP contribution in [-0.4, -0.2) is 9.97 Å². The van der Waals surface area contributed by atoms with Crippen LogP contribution in [-0.2, 0) is 0 Å². The van der Waals surface area contributed by atoms with Crippen LogP contribution in [0.4, 0.5) is 5.82 Å². The Labute approximate surface area is 120 Å². The molecule has 5 heteroatoms. The first-order valence-corrected chi connectivity index (χ1v) is 7.44. The molecule has 1 aromatic carbocycles. The van der Waals surface area contributed by atoms with Crippen LogP contribution in [0.25, 0.3) is 10.8 Å². The molecule has 0 fully saturated rings. The van der Waals surface area contributed by atoms with Gasteiger partial charge >= 0.3 is 0 Å². The predicted octanol–water partition coefficient (Wildman–Crippen LogP) is 3.55. The molecule has 102 valence electrons. The van der Waals surface area contributed by atoms with E-state index in [0.29, 0.717) is 5.39 Å². The number of thiazole rings is 1. The topological polar surface area (TPSA) is 57.8 Å². The molecule has 0 amide bonds. The van der Waals surface area contributed by atoms with Gasteiger partial charge in [0.05, 0.1) is 6.04 Å². The summed E-state index contributed by atoms with van der Waals surface area (Å²) in [5.74, 6) is 0.732. The molecule has 2 N–H and O–H groups in total. The van der Waals surface area contributed by atoms with Gasteiger partial charge in [-0.1, -0.05) is 25.1 Å². The van der Waals surface area contributed by atoms with E-state index >= 15 is 0 Å². The van der Waals surface area contributed by atoms with Gasteiger partial charge in [-0.3, -0.25) is 4.79 Å². The number of hydrogen-bond acceptors (Lipinski definition) is 4. The molecule has 0 aliphatic carbocycles. The number of anilines is 1. The van der Waals surface area contributed by atoms with E-state index in [1.54, 1.807) is 17.5 Å². The number of pyridine rings is 1. The Hall–Kier alpha value is -2.14. The molecule has 0 aliphatic heterocycles. The van der Waals surface area contributed by atoms with Gasteiger partial charge in [-0.15, -0.1) is 11.3 Å². The molecule has 2 heterocycles. The summed E-state index contributed by atoms with van der Waals surface area (Å²) < 4.78 is 0. The Balaban J connectivity index is 1.96. The Morgan fingerprint density at radius 3 is 3.00 bits per heavy atom. The number of nitrogens with one attached hydrogen (secondary N) is 2. The summed E-state index contributed by atoms with van der Waals surface area (Å²) >= 11 is 1.62. The van der Waals surface area contributed by atoms with Gasteiger partial charge in [0, 0.05) is 17.0 Å². The van der Waals surface area contributed by atoms with Crippen molar-refractivity contribution < 1.29 is 0 Å². The fraction of sp³-hybridized carbons (Fsp3) is 0.200. The average molecular weight is 285 g/mol. The van der Waals surface area contributed by atoms with E-state index in [1.165, 1.54) is 0 Å². The van der Waals surface area contributed by atoms with Crippen molar-refractivity contribution >= 4 is 27.9 Å². The van der Waals surface area contributed by atoms with Gasteiger partial charge < -0.3 is 10.3 Å². The van der Waals surface area contributed by atoms with Crippen LogP contribution in [0.5, 0.6) is 0 Å². The number of benzene rings is 1. The van der Waals surface area contributed by atoms with Gasteiger partial charge in [0.15, 0.2) is 0 Å². The van der Waals surface area contributed by atoms with E-state index in [1.807, 2.05) is 35.7 Å². The number of rotatable bonds is 4. The van der Waals surface area contributed by atoms with Crippen molar-refractivity contribution in [2.75, 3.05) is 5.32 Å². The molecule has 0 radical (unpaired) electrons. The van der Waals surface area contributed by atoms with Crippen molar-refractivity contribution in [3.63, 3.8) is 0 Å². The van der Waals surface area contributed by atoms with Crippen LogP contribution < -0.4 is 10.9 Å². The molecule has 20 heavy (non-hydrogen) atoms. The number of hydrogen-bond donors (Lipinski definition) is 2. The highest BCUT2D eigenvalue weighted by Crippen LogP contribution is 2.23. The quantitative estimate of drug-likeness (QED) is 0.770. The normalized spacial score (nSPS) is 12.4. The summed E-state index contributed by atoms with van der Waals surface area (Å²) in [4.78, 5) is 19.3. The van der Waals surface area contributed by atoms with Crippen LogP contribution in [0.15, 0.2) is 46.7 Å². The van der Waals surface area contributed by atoms with E-state index in [9.17, 15) is 4.79 Å². The molecule has 2 aromatic heterocycles. The largest absolute Gasteiger partial charge is 0.362 e. The maximum atomic E-state index is 12.0. The first-order chi connectivity index (χ1) is 9.78. The minimum absolute atomic E-state index is 0.0698. The molecule has 0 saturated heterocycles. The Kier molecular flexibility index (Phi) is 3.52. The molecule has 1 unspecified atom stereocenters. The third kappa shape index (κ3) is 2.44. The zero-order valence-corrected chi connectivity index (χ0v) is 11.9. The monoisotopic (exact) mass is 285 g/mol. The molecule has 1 atom stereocenters. The number of nitrogens with zero attached hydrogens (tertiary/aromatic N) is 1. The highest BCUT2D eigenvalue weighted by atomic mass is 32.1. The fourth-order valence-corrected chi connectivity index (χ4v) is 2.99. The van der Waals surface area contributed by atoms with Crippen LogP contribution in [0, 0.1) is 0 Å². The van der Waals surface area contributed by atoms with E-state index in [4.69, 9.17) is 0 Å². The lowest BCUT2D eigenvalue weighted by atomic mass is 10.1. The van der Waals surface area contributed by atoms with Crippen LogP contribution in [0.3, 0.4) is 0 Å². The summed E-state index contributed by atoms with van der Waals surface area (Å²) in [5.41, 5.74) is -0.0698. The molecular formula is C15H15N3OS. The summed E-state index contributed by atoms with van der Waals surface area (Å²) in [5, 5.41) is 7.99. The summed E-state index contributed by atoms with van der Waals surface area (Å²) in [6, 6.07) is 9.66. The number of aromatic nitrogens is 2. The van der Waals surface area contributed by atoms with E-state index in [-0.39, 0.29) is 11.6 Å². The van der Waals surface area contributed by atoms with Crippen molar-refractivity contribution in [3.05, 3.63) is 57.3 Å². The van der Waals surface area contributed by atoms with Gasteiger partial charge in [0.2, 0.25) is 0 Å². The highest BCUT2D eigenvalue weighted by molar-refractivity contribution is 7.09. The Bertz CT molecular complexity index is 764. The second-order valence-corrected chi connectivity index (χ2v) is 5.50. The number of H-pyrrole nitrogens is 1. The van der Waals surface area contributed by atoms with E-state index < -0.39 is 0 Å². The van der Waals surface area contributed by atoms with Gasteiger partial charge in [-0.2, -0.15) is 0 Å². The van der Waals surface area contributed by atoms with Crippen molar-refractivity contribution in [1.29, 1.82) is 0 Å². The molecule has 4 nitrogen and oxygen atoms in total. The minimum Gasteiger partial charge on any atom is -0.362 e. The zero-order valence-electron chi connectivity index (χ0n) is 11.1. The lowest BCUT2D eigenvalue weighted by Gasteiger charge is -2.15. The molecule has 0 aliphatic rings. The van der Waals surface area contributed by atoms with Gasteiger partial charge in [-0.05, 0) is 23.9 Å². The standard InChI is InChI=1S/C15H15N3OS/c1-2-12(15-16-7-8-20-15)17-13-9-10-5-3-4-6-11(10)14(19)18-13/h3-9,12H,2H2,1H3,(H2,17,18,19). The molecular weight excluding hydrogens is 270 g/mol. The smallest absolute Gasteiger partial charge is 0.257 e. The molecule has 0 spiro atoms. The lowest BCUT2D eigenvalue weighted by Crippen LogP contribution is -2.15. The highest BCUT2D eigenvalue weighted by Gasteiger charge is 2.12. The minimum atomic E-state index is -0.0698. The third-order valence-electron chi connectivity index (χ3n) is 3.24. The van der Waals surface area contributed by atoms with Crippen molar-refractivity contribution in [3.8, 4) is 0 Å². The Morgan fingerprint density at radius 2 is 2.25 bits per heavy atom. The lowest BCUT2D eigenvalue weighted by molar-refractivity contribution is 0.737. The van der Waals surface area contributed by atoms with Crippen molar-refractivity contribution in [2.24, 2.45) is 0 Å². The van der Waals surface area contributed by atoms with Gasteiger partial charge in [-0.25, -0.2) is 4.98 Å². The van der Waals surface area contributed by atoms with Crippen molar-refractivity contribution in [1.82, 2.24) is 9.97 Å². The second kappa shape index (κ2) is 5.46. The second-order valence-electron chi connectivity index (χ2n) is 4.57. The zero-order chi connectivity index (χ0) is 13.9. The van der Waals surface area contributed by atoms with E-state index in [2.05, 4.69) is 22.2 Å². The molecule has 3 rings (SSSR count). The number of aromatic amines is 1. The van der Waals surface area contributed by atoms with Gasteiger partial charge in [0.25, 0.3) is 5.56 Å². The summed E-state index contributed by atoms with van der Waals surface area (Å²) in [6.45, 7) is 2.10. The van der Waals surface area contributed by atoms with Crippen LogP contribution in [0.1, 0.15) is 24.4 Å². The number of fused-ring (bicyclic) bond motifs is 1. The maximum absolute atomic E-state index is 12.0.